The minimum atomic E-state index is -1.91. The SMILES string of the molecule is C=C(C)/C=C\N(C(=O)OC)C(OCC)C(C(=O)OCC)[N+](=O)[O-].CC.COC(=O)c1[nH]ccc1C. The Bertz CT molecular complexity index is 849. The van der Waals surface area contributed by atoms with Crippen molar-refractivity contribution in [2.75, 3.05) is 27.4 Å². The second-order valence-electron chi connectivity index (χ2n) is 6.39. The van der Waals surface area contributed by atoms with Crippen LogP contribution >= 0.6 is 0 Å². The Morgan fingerprint density at radius 1 is 1.20 bits per heavy atom. The number of esters is 2. The third-order valence-electron chi connectivity index (χ3n) is 3.89. The van der Waals surface area contributed by atoms with Gasteiger partial charge in [0.2, 0.25) is 6.23 Å². The van der Waals surface area contributed by atoms with Crippen molar-refractivity contribution >= 4 is 18.0 Å². The van der Waals surface area contributed by atoms with Crippen LogP contribution in [0.3, 0.4) is 0 Å². The molecule has 1 aromatic heterocycles. The van der Waals surface area contributed by atoms with Crippen molar-refractivity contribution in [1.29, 1.82) is 0 Å². The zero-order chi connectivity index (χ0) is 27.6. The number of aromatic nitrogens is 1. The zero-order valence-corrected chi connectivity index (χ0v) is 21.7. The van der Waals surface area contributed by atoms with Crippen LogP contribution in [0.15, 0.2) is 36.7 Å². The highest BCUT2D eigenvalue weighted by molar-refractivity contribution is 5.88. The summed E-state index contributed by atoms with van der Waals surface area (Å²) in [7, 11) is 2.47. The molecule has 12 heteroatoms. The van der Waals surface area contributed by atoms with Crippen LogP contribution in [0.4, 0.5) is 4.79 Å². The van der Waals surface area contributed by atoms with Crippen molar-refractivity contribution in [3.63, 3.8) is 0 Å². The minimum absolute atomic E-state index is 0.0306. The molecule has 1 amide bonds. The van der Waals surface area contributed by atoms with Crippen LogP contribution in [-0.4, -0.2) is 72.5 Å². The Morgan fingerprint density at radius 3 is 2.17 bits per heavy atom. The van der Waals surface area contributed by atoms with E-state index in [0.29, 0.717) is 11.3 Å². The molecule has 1 rings (SSSR count). The highest BCUT2D eigenvalue weighted by Gasteiger charge is 2.46. The van der Waals surface area contributed by atoms with Crippen LogP contribution in [0.1, 0.15) is 50.7 Å². The average molecular weight is 500 g/mol. The van der Waals surface area contributed by atoms with Crippen molar-refractivity contribution in [2.24, 2.45) is 0 Å². The van der Waals surface area contributed by atoms with Crippen LogP contribution in [-0.2, 0) is 23.7 Å². The van der Waals surface area contributed by atoms with E-state index in [2.05, 4.69) is 21.0 Å². The first-order valence-electron chi connectivity index (χ1n) is 10.9. The van der Waals surface area contributed by atoms with Gasteiger partial charge >= 0.3 is 24.1 Å². The Hall–Kier alpha value is -3.67. The van der Waals surface area contributed by atoms with Crippen LogP contribution in [0.25, 0.3) is 0 Å². The lowest BCUT2D eigenvalue weighted by atomic mass is 10.2. The molecule has 0 aromatic carbocycles. The molecule has 1 aromatic rings. The molecule has 0 saturated carbocycles. The average Bonchev–Trinajstić information content (AvgIpc) is 3.25. The molecule has 0 fully saturated rings. The molecule has 198 valence electrons. The van der Waals surface area contributed by atoms with Gasteiger partial charge in [-0.15, -0.1) is 0 Å². The molecule has 0 saturated heterocycles. The lowest BCUT2D eigenvalue weighted by Gasteiger charge is -2.28. The predicted molar refractivity (Wildman–Crippen MR) is 129 cm³/mol. The van der Waals surface area contributed by atoms with E-state index in [-0.39, 0.29) is 19.2 Å². The van der Waals surface area contributed by atoms with E-state index in [4.69, 9.17) is 9.47 Å². The van der Waals surface area contributed by atoms with Gasteiger partial charge in [-0.3, -0.25) is 15.0 Å². The van der Waals surface area contributed by atoms with Gasteiger partial charge in [-0.2, -0.15) is 0 Å². The molecular formula is C23H37N3O9. The molecule has 2 unspecified atom stereocenters. The van der Waals surface area contributed by atoms with Gasteiger partial charge < -0.3 is 23.9 Å². The lowest BCUT2D eigenvalue weighted by Crippen LogP contribution is -2.53. The van der Waals surface area contributed by atoms with Gasteiger partial charge in [0, 0.05) is 23.9 Å². The molecule has 1 N–H and O–H groups in total. The maximum atomic E-state index is 11.9. The normalized spacial score (nSPS) is 11.5. The van der Waals surface area contributed by atoms with E-state index in [0.717, 1.165) is 17.6 Å². The minimum Gasteiger partial charge on any atom is -0.464 e. The van der Waals surface area contributed by atoms with Gasteiger partial charge in [0.1, 0.15) is 5.69 Å². The van der Waals surface area contributed by atoms with Gasteiger partial charge in [-0.05, 0) is 45.4 Å². The van der Waals surface area contributed by atoms with Crippen molar-refractivity contribution < 1.29 is 38.3 Å². The molecule has 0 aliphatic rings. The van der Waals surface area contributed by atoms with Crippen LogP contribution in [0.2, 0.25) is 0 Å². The molecular weight excluding hydrogens is 462 g/mol. The number of allylic oxidation sites excluding steroid dienone is 2. The highest BCUT2D eigenvalue weighted by Crippen LogP contribution is 2.15. The molecule has 12 nitrogen and oxygen atoms in total. The maximum absolute atomic E-state index is 11.9. The Morgan fingerprint density at radius 2 is 1.80 bits per heavy atom. The summed E-state index contributed by atoms with van der Waals surface area (Å²) in [5.74, 6) is -1.42. The highest BCUT2D eigenvalue weighted by atomic mass is 16.6. The standard InChI is InChI=1S/C14H22N2O7.C7H9NO2.C2H6/c1-6-22-12(11(16(19)20)13(17)23-7-2)15(14(18)21-5)9-8-10(3)4;1-5-3-4-8-6(5)7(9)10-2;1-2/h8-9,11-12H,3,6-7H2,1-2,4-5H3;3-4,8H,1-2H3;1-2H3/b9-8-;;. The summed E-state index contributed by atoms with van der Waals surface area (Å²) < 4.78 is 19.1. The number of hydrogen-bond donors (Lipinski definition) is 1. The number of nitrogens with zero attached hydrogens (tertiary/aromatic N) is 2. The van der Waals surface area contributed by atoms with Crippen LogP contribution < -0.4 is 0 Å². The fraction of sp³-hybridized carbons (Fsp3) is 0.522. The number of rotatable bonds is 10. The number of amides is 1. The summed E-state index contributed by atoms with van der Waals surface area (Å²) in [6, 6.07) is -0.0875. The van der Waals surface area contributed by atoms with E-state index >= 15 is 0 Å². The van der Waals surface area contributed by atoms with E-state index in [9.17, 15) is 24.5 Å². The quantitative estimate of drug-likeness (QED) is 0.126. The summed E-state index contributed by atoms with van der Waals surface area (Å²) in [5, 5.41) is 11.3. The second kappa shape index (κ2) is 18.7. The van der Waals surface area contributed by atoms with Gasteiger partial charge in [0.05, 0.1) is 20.8 Å². The third kappa shape index (κ3) is 11.8. The predicted octanol–water partition coefficient (Wildman–Crippen LogP) is 3.85. The number of carbonyl (C=O) groups excluding carboxylic acids is 3. The molecule has 0 aliphatic carbocycles. The van der Waals surface area contributed by atoms with Crippen LogP contribution in [0, 0.1) is 17.0 Å². The fourth-order valence-corrected chi connectivity index (χ4v) is 2.36. The molecule has 0 bridgehead atoms. The number of ether oxygens (including phenoxy) is 4. The molecule has 1 heterocycles. The van der Waals surface area contributed by atoms with Gasteiger partial charge in [-0.1, -0.05) is 26.0 Å². The Kier molecular flexibility index (Phi) is 17.9. The van der Waals surface area contributed by atoms with E-state index in [1.807, 2.05) is 26.8 Å². The zero-order valence-electron chi connectivity index (χ0n) is 21.7. The fourth-order valence-electron chi connectivity index (χ4n) is 2.36. The van der Waals surface area contributed by atoms with Gasteiger partial charge in [0.15, 0.2) is 0 Å². The molecule has 0 radical (unpaired) electrons. The number of hydrogen-bond acceptors (Lipinski definition) is 9. The summed E-state index contributed by atoms with van der Waals surface area (Å²) >= 11 is 0. The van der Waals surface area contributed by atoms with Crippen molar-refractivity contribution in [1.82, 2.24) is 9.88 Å². The number of methoxy groups -OCH3 is 2. The number of carbonyl (C=O) groups is 3. The number of H-pyrrole nitrogens is 1. The largest absolute Gasteiger partial charge is 0.464 e. The van der Waals surface area contributed by atoms with Crippen molar-refractivity contribution in [3.8, 4) is 0 Å². The monoisotopic (exact) mass is 499 g/mol. The molecule has 0 aliphatic heterocycles. The van der Waals surface area contributed by atoms with Gasteiger partial charge in [-0.25, -0.2) is 14.4 Å². The second-order valence-corrected chi connectivity index (χ2v) is 6.39. The Balaban J connectivity index is 0. The first kappa shape index (κ1) is 33.5. The maximum Gasteiger partial charge on any atom is 0.415 e. The number of aromatic amines is 1. The number of nitro groups is 1. The molecule has 2 atom stereocenters. The van der Waals surface area contributed by atoms with Crippen molar-refractivity contribution in [3.05, 3.63) is 58.1 Å². The van der Waals surface area contributed by atoms with Crippen LogP contribution in [0.5, 0.6) is 0 Å². The van der Waals surface area contributed by atoms with E-state index in [1.54, 1.807) is 20.0 Å². The topological polar surface area (TPSA) is 150 Å². The summed E-state index contributed by atoms with van der Waals surface area (Å²) in [6.45, 7) is 14.2. The Labute approximate surface area is 206 Å². The van der Waals surface area contributed by atoms with Gasteiger partial charge in [0.25, 0.3) is 0 Å². The molecule has 35 heavy (non-hydrogen) atoms. The summed E-state index contributed by atoms with van der Waals surface area (Å²) in [6.07, 6.45) is 1.92. The first-order chi connectivity index (χ1) is 16.5. The lowest BCUT2D eigenvalue weighted by molar-refractivity contribution is -0.527. The van der Waals surface area contributed by atoms with E-state index in [1.165, 1.54) is 26.3 Å². The number of nitrogens with one attached hydrogen (secondary N) is 1. The smallest absolute Gasteiger partial charge is 0.415 e. The van der Waals surface area contributed by atoms with Crippen molar-refractivity contribution in [2.45, 2.75) is 53.8 Å². The molecule has 0 spiro atoms. The first-order valence-corrected chi connectivity index (χ1v) is 10.9. The summed E-state index contributed by atoms with van der Waals surface area (Å²) in [5.41, 5.74) is 2.03. The number of aryl methyl sites for hydroxylation is 1. The summed E-state index contributed by atoms with van der Waals surface area (Å²) in [4.78, 5) is 48.7. The van der Waals surface area contributed by atoms with E-state index < -0.39 is 29.3 Å². The third-order valence-corrected chi connectivity index (χ3v) is 3.89.